The first-order valence-corrected chi connectivity index (χ1v) is 7.30. The molecule has 0 bridgehead atoms. The molecule has 1 aliphatic rings. The molecule has 1 aliphatic carbocycles. The summed E-state index contributed by atoms with van der Waals surface area (Å²) in [4.78, 5) is 11.1. The van der Waals surface area contributed by atoms with Gasteiger partial charge in [-0.3, -0.25) is 0 Å². The van der Waals surface area contributed by atoms with Crippen molar-refractivity contribution >= 4 is 27.4 Å². The van der Waals surface area contributed by atoms with Crippen LogP contribution in [0.4, 0.5) is 5.82 Å². The van der Waals surface area contributed by atoms with Gasteiger partial charge in [0.15, 0.2) is 0 Å². The zero-order chi connectivity index (χ0) is 12.5. The lowest BCUT2D eigenvalue weighted by atomic mass is 9.91. The maximum absolute atomic E-state index is 5.97. The van der Waals surface area contributed by atoms with Gasteiger partial charge in [-0.1, -0.05) is 0 Å². The van der Waals surface area contributed by atoms with Crippen molar-refractivity contribution in [1.29, 1.82) is 0 Å². The molecule has 2 aromatic rings. The fourth-order valence-electron chi connectivity index (χ4n) is 2.69. The highest BCUT2D eigenvalue weighted by atomic mass is 32.1. The smallest absolute Gasteiger partial charge is 0.150 e. The quantitative estimate of drug-likeness (QED) is 0.903. The van der Waals surface area contributed by atoms with Crippen molar-refractivity contribution in [3.63, 3.8) is 0 Å². The second-order valence-corrected chi connectivity index (χ2v) is 5.93. The summed E-state index contributed by atoms with van der Waals surface area (Å²) in [6, 6.07) is 3.00. The SMILES string of the molecule is CN(c1ncnc2ccsc12)C1CCC(N)CC1. The predicted octanol–water partition coefficient (Wildman–Crippen LogP) is 2.40. The van der Waals surface area contributed by atoms with Gasteiger partial charge in [-0.15, -0.1) is 11.3 Å². The number of hydrogen-bond acceptors (Lipinski definition) is 5. The van der Waals surface area contributed by atoms with Crippen LogP contribution in [0.5, 0.6) is 0 Å². The van der Waals surface area contributed by atoms with Crippen molar-refractivity contribution in [3.8, 4) is 0 Å². The maximum Gasteiger partial charge on any atom is 0.150 e. The third kappa shape index (κ3) is 2.08. The van der Waals surface area contributed by atoms with Gasteiger partial charge in [-0.25, -0.2) is 9.97 Å². The van der Waals surface area contributed by atoms with E-state index in [1.165, 1.54) is 4.70 Å². The van der Waals surface area contributed by atoms with Gasteiger partial charge in [-0.05, 0) is 37.1 Å². The molecule has 0 radical (unpaired) electrons. The van der Waals surface area contributed by atoms with E-state index >= 15 is 0 Å². The molecule has 1 fully saturated rings. The predicted molar refractivity (Wildman–Crippen MR) is 76.0 cm³/mol. The van der Waals surface area contributed by atoms with Gasteiger partial charge in [-0.2, -0.15) is 0 Å². The molecule has 5 heteroatoms. The zero-order valence-electron chi connectivity index (χ0n) is 10.5. The molecule has 3 rings (SSSR count). The second-order valence-electron chi connectivity index (χ2n) is 5.01. The minimum atomic E-state index is 0.391. The van der Waals surface area contributed by atoms with Gasteiger partial charge in [0.1, 0.15) is 12.1 Å². The van der Waals surface area contributed by atoms with Crippen LogP contribution in [0.15, 0.2) is 17.8 Å². The molecule has 18 heavy (non-hydrogen) atoms. The fraction of sp³-hybridized carbons (Fsp3) is 0.538. The number of nitrogens with two attached hydrogens (primary N) is 1. The fourth-order valence-corrected chi connectivity index (χ4v) is 3.57. The third-order valence-electron chi connectivity index (χ3n) is 3.85. The van der Waals surface area contributed by atoms with Crippen LogP contribution >= 0.6 is 11.3 Å². The largest absolute Gasteiger partial charge is 0.355 e. The van der Waals surface area contributed by atoms with Crippen LogP contribution in [0.25, 0.3) is 10.2 Å². The lowest BCUT2D eigenvalue weighted by Crippen LogP contribution is -2.39. The summed E-state index contributed by atoms with van der Waals surface area (Å²) in [7, 11) is 2.14. The summed E-state index contributed by atoms with van der Waals surface area (Å²) >= 11 is 1.72. The summed E-state index contributed by atoms with van der Waals surface area (Å²) in [5.74, 6) is 1.07. The van der Waals surface area contributed by atoms with Crippen molar-refractivity contribution < 1.29 is 0 Å². The van der Waals surface area contributed by atoms with E-state index in [0.29, 0.717) is 12.1 Å². The summed E-state index contributed by atoms with van der Waals surface area (Å²) in [6.45, 7) is 0. The summed E-state index contributed by atoms with van der Waals surface area (Å²) in [5.41, 5.74) is 7.01. The molecule has 0 aliphatic heterocycles. The first-order valence-electron chi connectivity index (χ1n) is 6.42. The molecule has 0 spiro atoms. The molecule has 0 saturated heterocycles. The molecule has 2 heterocycles. The highest BCUT2D eigenvalue weighted by molar-refractivity contribution is 7.17. The lowest BCUT2D eigenvalue weighted by molar-refractivity contribution is 0.384. The van der Waals surface area contributed by atoms with Crippen LogP contribution in [0.3, 0.4) is 0 Å². The summed E-state index contributed by atoms with van der Waals surface area (Å²) in [6.07, 6.45) is 6.22. The Bertz CT molecular complexity index is 531. The average Bonchev–Trinajstić information content (AvgIpc) is 2.87. The number of anilines is 1. The third-order valence-corrected chi connectivity index (χ3v) is 4.75. The van der Waals surface area contributed by atoms with E-state index < -0.39 is 0 Å². The molecule has 2 N–H and O–H groups in total. The van der Waals surface area contributed by atoms with E-state index in [9.17, 15) is 0 Å². The van der Waals surface area contributed by atoms with Gasteiger partial charge in [0.05, 0.1) is 10.2 Å². The van der Waals surface area contributed by atoms with E-state index in [-0.39, 0.29) is 0 Å². The van der Waals surface area contributed by atoms with Gasteiger partial charge < -0.3 is 10.6 Å². The first kappa shape index (κ1) is 11.9. The minimum Gasteiger partial charge on any atom is -0.355 e. The molecule has 4 nitrogen and oxygen atoms in total. The first-order chi connectivity index (χ1) is 8.75. The normalized spacial score (nSPS) is 24.3. The van der Waals surface area contributed by atoms with E-state index in [4.69, 9.17) is 5.73 Å². The van der Waals surface area contributed by atoms with Crippen LogP contribution < -0.4 is 10.6 Å². The van der Waals surface area contributed by atoms with Gasteiger partial charge in [0.25, 0.3) is 0 Å². The van der Waals surface area contributed by atoms with Crippen molar-refractivity contribution in [2.24, 2.45) is 5.73 Å². The second kappa shape index (κ2) is 4.82. The van der Waals surface area contributed by atoms with E-state index in [2.05, 4.69) is 33.4 Å². The van der Waals surface area contributed by atoms with Gasteiger partial charge in [0.2, 0.25) is 0 Å². The Labute approximate surface area is 111 Å². The van der Waals surface area contributed by atoms with Gasteiger partial charge >= 0.3 is 0 Å². The highest BCUT2D eigenvalue weighted by Crippen LogP contribution is 2.31. The molecule has 0 amide bonds. The molecule has 1 saturated carbocycles. The Kier molecular flexibility index (Phi) is 3.18. The van der Waals surface area contributed by atoms with Crippen LogP contribution in [0.1, 0.15) is 25.7 Å². The van der Waals surface area contributed by atoms with Crippen LogP contribution in [-0.2, 0) is 0 Å². The Hall–Kier alpha value is -1.20. The zero-order valence-corrected chi connectivity index (χ0v) is 11.4. The Morgan fingerprint density at radius 1 is 1.28 bits per heavy atom. The Morgan fingerprint density at radius 2 is 2.06 bits per heavy atom. The number of hydrogen-bond donors (Lipinski definition) is 1. The van der Waals surface area contributed by atoms with Crippen LogP contribution in [0, 0.1) is 0 Å². The minimum absolute atomic E-state index is 0.391. The summed E-state index contributed by atoms with van der Waals surface area (Å²) < 4.78 is 1.19. The van der Waals surface area contributed by atoms with Crippen molar-refractivity contribution in [2.75, 3.05) is 11.9 Å². The monoisotopic (exact) mass is 262 g/mol. The topological polar surface area (TPSA) is 55.0 Å². The average molecular weight is 262 g/mol. The number of aromatic nitrogens is 2. The maximum atomic E-state index is 5.97. The Balaban J connectivity index is 1.87. The molecular formula is C13H18N4S. The number of fused-ring (bicyclic) bond motifs is 1. The number of thiophene rings is 1. The number of nitrogens with zero attached hydrogens (tertiary/aromatic N) is 3. The standard InChI is InChI=1S/C13H18N4S/c1-17(10-4-2-9(14)3-5-10)13-12-11(6-7-18-12)15-8-16-13/h6-10H,2-5,14H2,1H3. The summed E-state index contributed by atoms with van der Waals surface area (Å²) in [5, 5.41) is 2.08. The lowest BCUT2D eigenvalue weighted by Gasteiger charge is -2.34. The van der Waals surface area contributed by atoms with Crippen molar-refractivity contribution in [3.05, 3.63) is 17.8 Å². The molecule has 0 atom stereocenters. The van der Waals surface area contributed by atoms with Crippen molar-refractivity contribution in [2.45, 2.75) is 37.8 Å². The Morgan fingerprint density at radius 3 is 2.83 bits per heavy atom. The van der Waals surface area contributed by atoms with Crippen LogP contribution in [-0.4, -0.2) is 29.1 Å². The number of rotatable bonds is 2. The van der Waals surface area contributed by atoms with E-state index in [0.717, 1.165) is 37.0 Å². The molecule has 2 aromatic heterocycles. The highest BCUT2D eigenvalue weighted by Gasteiger charge is 2.24. The molecule has 0 unspecified atom stereocenters. The van der Waals surface area contributed by atoms with Crippen LogP contribution in [0.2, 0.25) is 0 Å². The van der Waals surface area contributed by atoms with E-state index in [1.54, 1.807) is 17.7 Å². The molecular weight excluding hydrogens is 244 g/mol. The van der Waals surface area contributed by atoms with E-state index in [1.807, 2.05) is 0 Å². The van der Waals surface area contributed by atoms with Crippen molar-refractivity contribution in [1.82, 2.24) is 9.97 Å². The van der Waals surface area contributed by atoms with Gasteiger partial charge in [0, 0.05) is 19.1 Å². The molecule has 96 valence electrons. The molecule has 0 aromatic carbocycles.